The van der Waals surface area contributed by atoms with Gasteiger partial charge in [0.25, 0.3) is 0 Å². The summed E-state index contributed by atoms with van der Waals surface area (Å²) in [5.41, 5.74) is 3.66. The maximum Gasteiger partial charge on any atom is 0.246 e. The van der Waals surface area contributed by atoms with Crippen LogP contribution < -0.4 is 14.4 Å². The minimum atomic E-state index is -3.63. The maximum atomic E-state index is 13.1. The Balaban J connectivity index is 1.80. The Bertz CT molecular complexity index is 920. The quantitative estimate of drug-likeness (QED) is 0.786. The summed E-state index contributed by atoms with van der Waals surface area (Å²) in [6.45, 7) is 6.38. The van der Waals surface area contributed by atoms with Gasteiger partial charge in [-0.05, 0) is 43.2 Å². The van der Waals surface area contributed by atoms with Crippen molar-refractivity contribution in [3.05, 3.63) is 47.5 Å². The fourth-order valence-corrected chi connectivity index (χ4v) is 4.93. The van der Waals surface area contributed by atoms with Gasteiger partial charge < -0.3 is 14.4 Å². The van der Waals surface area contributed by atoms with E-state index in [1.54, 1.807) is 18.2 Å². The van der Waals surface area contributed by atoms with Gasteiger partial charge in [0, 0.05) is 37.9 Å². The first-order valence-electron chi connectivity index (χ1n) is 8.92. The van der Waals surface area contributed by atoms with Gasteiger partial charge in [0.05, 0.1) is 14.2 Å². The zero-order chi connectivity index (χ0) is 19.6. The van der Waals surface area contributed by atoms with Crippen LogP contribution in [0, 0.1) is 13.8 Å². The first-order chi connectivity index (χ1) is 12.9. The maximum absolute atomic E-state index is 13.1. The van der Waals surface area contributed by atoms with Gasteiger partial charge in [-0.3, -0.25) is 0 Å². The molecule has 1 fully saturated rings. The molecule has 7 heteroatoms. The molecule has 27 heavy (non-hydrogen) atoms. The monoisotopic (exact) mass is 390 g/mol. The van der Waals surface area contributed by atoms with Gasteiger partial charge in [-0.25, -0.2) is 8.42 Å². The Hall–Kier alpha value is -2.25. The van der Waals surface area contributed by atoms with E-state index in [0.717, 1.165) is 0 Å². The third kappa shape index (κ3) is 3.75. The molecule has 3 rings (SSSR count). The summed E-state index contributed by atoms with van der Waals surface area (Å²) in [5.74, 6) is 0.858. The van der Waals surface area contributed by atoms with Gasteiger partial charge in [0.2, 0.25) is 10.0 Å². The van der Waals surface area contributed by atoms with Crippen LogP contribution >= 0.6 is 0 Å². The van der Waals surface area contributed by atoms with Gasteiger partial charge in [0.1, 0.15) is 16.4 Å². The summed E-state index contributed by atoms with van der Waals surface area (Å²) in [5, 5.41) is 0. The Morgan fingerprint density at radius 2 is 1.63 bits per heavy atom. The van der Waals surface area contributed by atoms with Crippen LogP contribution in [-0.2, 0) is 10.0 Å². The van der Waals surface area contributed by atoms with E-state index in [0.29, 0.717) is 37.7 Å². The molecule has 0 atom stereocenters. The van der Waals surface area contributed by atoms with E-state index in [2.05, 4.69) is 30.9 Å². The number of sulfonamides is 1. The average Bonchev–Trinajstić information content (AvgIpc) is 2.69. The van der Waals surface area contributed by atoms with E-state index in [9.17, 15) is 8.42 Å². The normalized spacial score (nSPS) is 15.6. The van der Waals surface area contributed by atoms with Crippen molar-refractivity contribution in [1.82, 2.24) is 4.31 Å². The van der Waals surface area contributed by atoms with Crippen molar-refractivity contribution >= 4 is 15.7 Å². The summed E-state index contributed by atoms with van der Waals surface area (Å²) in [6, 6.07) is 11.0. The number of anilines is 1. The van der Waals surface area contributed by atoms with Gasteiger partial charge in [-0.15, -0.1) is 0 Å². The van der Waals surface area contributed by atoms with E-state index >= 15 is 0 Å². The predicted molar refractivity (Wildman–Crippen MR) is 106 cm³/mol. The Kier molecular flexibility index (Phi) is 5.62. The first-order valence-corrected chi connectivity index (χ1v) is 10.4. The van der Waals surface area contributed by atoms with Crippen molar-refractivity contribution in [3.63, 3.8) is 0 Å². The molecule has 0 N–H and O–H groups in total. The Morgan fingerprint density at radius 1 is 0.926 bits per heavy atom. The topological polar surface area (TPSA) is 59.1 Å². The lowest BCUT2D eigenvalue weighted by atomic mass is 10.1. The molecule has 0 aliphatic carbocycles. The third-order valence-corrected chi connectivity index (χ3v) is 7.08. The lowest BCUT2D eigenvalue weighted by Crippen LogP contribution is -2.48. The smallest absolute Gasteiger partial charge is 0.246 e. The Morgan fingerprint density at radius 3 is 2.26 bits per heavy atom. The molecule has 1 aliphatic heterocycles. The summed E-state index contributed by atoms with van der Waals surface area (Å²) in [6.07, 6.45) is 0. The molecule has 1 heterocycles. The minimum Gasteiger partial charge on any atom is -0.497 e. The molecular formula is C20H26N2O4S. The second-order valence-electron chi connectivity index (χ2n) is 6.63. The molecule has 2 aromatic rings. The highest BCUT2D eigenvalue weighted by atomic mass is 32.2. The summed E-state index contributed by atoms with van der Waals surface area (Å²) >= 11 is 0. The summed E-state index contributed by atoms with van der Waals surface area (Å²) < 4.78 is 38.2. The molecule has 0 bridgehead atoms. The van der Waals surface area contributed by atoms with Gasteiger partial charge in [0.15, 0.2) is 0 Å². The number of piperazine rings is 1. The Labute approximate surface area is 161 Å². The van der Waals surface area contributed by atoms with Crippen molar-refractivity contribution in [3.8, 4) is 11.5 Å². The first kappa shape index (κ1) is 19.5. The second-order valence-corrected chi connectivity index (χ2v) is 8.53. The standard InChI is InChI=1S/C20H26N2O4S/c1-15-6-5-7-18(16(15)2)21-10-12-22(13-11-21)27(23,24)20-9-8-17(25-3)14-19(20)26-4/h5-9,14H,10-13H2,1-4H3. The second kappa shape index (κ2) is 7.78. The number of hydrogen-bond donors (Lipinski definition) is 0. The highest BCUT2D eigenvalue weighted by Crippen LogP contribution is 2.32. The van der Waals surface area contributed by atoms with Crippen molar-refractivity contribution < 1.29 is 17.9 Å². The van der Waals surface area contributed by atoms with Crippen LogP contribution in [0.3, 0.4) is 0 Å². The summed E-state index contributed by atoms with van der Waals surface area (Å²) in [4.78, 5) is 2.42. The number of methoxy groups -OCH3 is 2. The van der Waals surface area contributed by atoms with E-state index in [1.807, 2.05) is 6.07 Å². The predicted octanol–water partition coefficient (Wildman–Crippen LogP) is 2.83. The SMILES string of the molecule is COc1ccc(S(=O)(=O)N2CCN(c3cccc(C)c3C)CC2)c(OC)c1. The van der Waals surface area contributed by atoms with Crippen LogP contribution in [-0.4, -0.2) is 53.1 Å². The minimum absolute atomic E-state index is 0.172. The summed E-state index contributed by atoms with van der Waals surface area (Å²) in [7, 11) is -0.626. The van der Waals surface area contributed by atoms with Crippen LogP contribution in [0.1, 0.15) is 11.1 Å². The van der Waals surface area contributed by atoms with Crippen LogP contribution in [0.15, 0.2) is 41.3 Å². The zero-order valence-electron chi connectivity index (χ0n) is 16.2. The zero-order valence-corrected chi connectivity index (χ0v) is 17.0. The third-order valence-electron chi connectivity index (χ3n) is 5.14. The van der Waals surface area contributed by atoms with Crippen molar-refractivity contribution in [2.24, 2.45) is 0 Å². The average molecular weight is 391 g/mol. The van der Waals surface area contributed by atoms with Gasteiger partial charge in [-0.1, -0.05) is 12.1 Å². The molecule has 1 saturated heterocycles. The molecule has 1 aliphatic rings. The lowest BCUT2D eigenvalue weighted by molar-refractivity contribution is 0.370. The lowest BCUT2D eigenvalue weighted by Gasteiger charge is -2.36. The molecule has 0 unspecified atom stereocenters. The molecule has 0 spiro atoms. The van der Waals surface area contributed by atoms with E-state index in [1.165, 1.54) is 35.3 Å². The van der Waals surface area contributed by atoms with Crippen molar-refractivity contribution in [2.45, 2.75) is 18.7 Å². The highest BCUT2D eigenvalue weighted by molar-refractivity contribution is 7.89. The van der Waals surface area contributed by atoms with Crippen molar-refractivity contribution in [1.29, 1.82) is 0 Å². The molecule has 6 nitrogen and oxygen atoms in total. The molecule has 0 saturated carbocycles. The molecular weight excluding hydrogens is 364 g/mol. The van der Waals surface area contributed by atoms with Crippen LogP contribution in [0.2, 0.25) is 0 Å². The molecule has 0 amide bonds. The van der Waals surface area contributed by atoms with Crippen LogP contribution in [0.4, 0.5) is 5.69 Å². The molecule has 0 radical (unpaired) electrons. The number of ether oxygens (including phenoxy) is 2. The number of benzene rings is 2. The van der Waals surface area contributed by atoms with Crippen molar-refractivity contribution in [2.75, 3.05) is 45.3 Å². The molecule has 146 valence electrons. The fourth-order valence-electron chi connectivity index (χ4n) is 3.37. The largest absolute Gasteiger partial charge is 0.497 e. The van der Waals surface area contributed by atoms with E-state index < -0.39 is 10.0 Å². The number of aryl methyl sites for hydroxylation is 1. The number of nitrogens with zero attached hydrogens (tertiary/aromatic N) is 2. The molecule has 2 aromatic carbocycles. The fraction of sp³-hybridized carbons (Fsp3) is 0.400. The van der Waals surface area contributed by atoms with Gasteiger partial charge >= 0.3 is 0 Å². The van der Waals surface area contributed by atoms with Crippen LogP contribution in [0.25, 0.3) is 0 Å². The molecule has 0 aromatic heterocycles. The van der Waals surface area contributed by atoms with Crippen LogP contribution in [0.5, 0.6) is 11.5 Å². The number of hydrogen-bond acceptors (Lipinski definition) is 5. The van der Waals surface area contributed by atoms with E-state index in [4.69, 9.17) is 9.47 Å². The van der Waals surface area contributed by atoms with E-state index in [-0.39, 0.29) is 4.90 Å². The number of rotatable bonds is 5. The highest BCUT2D eigenvalue weighted by Gasteiger charge is 2.31. The van der Waals surface area contributed by atoms with Gasteiger partial charge in [-0.2, -0.15) is 4.31 Å².